The van der Waals surface area contributed by atoms with E-state index in [1.54, 1.807) is 6.08 Å². The number of thiocarbonyl (C=S) groups is 1. The van der Waals surface area contributed by atoms with Crippen LogP contribution < -0.4 is 4.74 Å². The number of hydrogen-bond acceptors (Lipinski definition) is 5. The van der Waals surface area contributed by atoms with Crippen LogP contribution in [0, 0.1) is 0 Å². The minimum absolute atomic E-state index is 0.00309. The molecule has 0 saturated carbocycles. The van der Waals surface area contributed by atoms with E-state index in [0.717, 1.165) is 11.1 Å². The predicted octanol–water partition coefficient (Wildman–Crippen LogP) is 4.99. The Bertz CT molecular complexity index is 959. The maximum Gasteiger partial charge on any atom is 0.303 e. The number of nitrogens with zero attached hydrogens (tertiary/aromatic N) is 1. The maximum absolute atomic E-state index is 12.6. The second kappa shape index (κ2) is 9.91. The standard InChI is InChI=1S/C21H18ClNO4S2/c22-16-8-6-14(7-9-16)13-27-17-4-1-3-15(11-17)12-18-20(26)23(21(28)29-18)10-2-5-19(24)25/h1,3-4,6-9,11-12H,2,5,10,13H2,(H,24,25)/b18-12-. The lowest BCUT2D eigenvalue weighted by Crippen LogP contribution is -2.29. The lowest BCUT2D eigenvalue weighted by atomic mass is 10.2. The third-order valence-electron chi connectivity index (χ3n) is 4.12. The first-order valence-corrected chi connectivity index (χ1v) is 10.5. The molecule has 2 aromatic carbocycles. The van der Waals surface area contributed by atoms with Gasteiger partial charge in [0.2, 0.25) is 0 Å². The van der Waals surface area contributed by atoms with E-state index in [1.807, 2.05) is 48.5 Å². The molecule has 1 N–H and O–H groups in total. The van der Waals surface area contributed by atoms with Crippen molar-refractivity contribution in [3.63, 3.8) is 0 Å². The maximum atomic E-state index is 12.6. The van der Waals surface area contributed by atoms with E-state index in [-0.39, 0.29) is 12.3 Å². The molecule has 0 unspecified atom stereocenters. The molecule has 2 aromatic rings. The van der Waals surface area contributed by atoms with Crippen LogP contribution in [-0.2, 0) is 16.2 Å². The fourth-order valence-electron chi connectivity index (χ4n) is 2.67. The van der Waals surface area contributed by atoms with Crippen LogP contribution in [0.5, 0.6) is 5.75 Å². The second-order valence-corrected chi connectivity index (χ2v) is 8.43. The minimum Gasteiger partial charge on any atom is -0.489 e. The Morgan fingerprint density at radius 2 is 2.00 bits per heavy atom. The third kappa shape index (κ3) is 6.06. The molecule has 29 heavy (non-hydrogen) atoms. The van der Waals surface area contributed by atoms with Crippen LogP contribution >= 0.6 is 35.6 Å². The highest BCUT2D eigenvalue weighted by atomic mass is 35.5. The summed E-state index contributed by atoms with van der Waals surface area (Å²) in [5.41, 5.74) is 1.83. The summed E-state index contributed by atoms with van der Waals surface area (Å²) in [6.07, 6.45) is 2.14. The Labute approximate surface area is 183 Å². The van der Waals surface area contributed by atoms with Crippen LogP contribution in [0.4, 0.5) is 0 Å². The van der Waals surface area contributed by atoms with Gasteiger partial charge in [0.25, 0.3) is 5.91 Å². The van der Waals surface area contributed by atoms with Crippen LogP contribution in [0.15, 0.2) is 53.4 Å². The molecule has 0 bridgehead atoms. The normalized spacial score (nSPS) is 15.2. The number of carboxylic acid groups (broad SMARTS) is 1. The highest BCUT2D eigenvalue weighted by Crippen LogP contribution is 2.33. The fourth-order valence-corrected chi connectivity index (χ4v) is 4.11. The molecule has 0 atom stereocenters. The Balaban J connectivity index is 1.64. The first-order chi connectivity index (χ1) is 13.9. The summed E-state index contributed by atoms with van der Waals surface area (Å²) in [4.78, 5) is 25.2. The average Bonchev–Trinajstić information content (AvgIpc) is 2.95. The lowest BCUT2D eigenvalue weighted by molar-refractivity contribution is -0.137. The van der Waals surface area contributed by atoms with Gasteiger partial charge >= 0.3 is 5.97 Å². The molecule has 1 fully saturated rings. The van der Waals surface area contributed by atoms with Gasteiger partial charge in [-0.3, -0.25) is 14.5 Å². The molecule has 1 aliphatic heterocycles. The van der Waals surface area contributed by atoms with E-state index in [2.05, 4.69) is 0 Å². The van der Waals surface area contributed by atoms with Gasteiger partial charge in [0.05, 0.1) is 4.91 Å². The van der Waals surface area contributed by atoms with Gasteiger partial charge in [-0.05, 0) is 47.9 Å². The molecule has 0 aromatic heterocycles. The molecule has 0 radical (unpaired) electrons. The van der Waals surface area contributed by atoms with Crippen LogP contribution in [-0.4, -0.2) is 32.7 Å². The highest BCUT2D eigenvalue weighted by molar-refractivity contribution is 8.26. The molecule has 1 aliphatic rings. The number of amides is 1. The number of halogens is 1. The zero-order valence-electron chi connectivity index (χ0n) is 15.3. The van der Waals surface area contributed by atoms with Crippen molar-refractivity contribution in [3.8, 4) is 5.75 Å². The molecule has 0 aliphatic carbocycles. The molecule has 0 spiro atoms. The smallest absolute Gasteiger partial charge is 0.303 e. The van der Waals surface area contributed by atoms with Gasteiger partial charge in [0.15, 0.2) is 0 Å². The van der Waals surface area contributed by atoms with Crippen LogP contribution in [0.25, 0.3) is 6.08 Å². The molecule has 1 heterocycles. The average molecular weight is 448 g/mol. The van der Waals surface area contributed by atoms with Crippen molar-refractivity contribution >= 4 is 57.9 Å². The first kappa shape index (κ1) is 21.4. The van der Waals surface area contributed by atoms with Gasteiger partial charge in [-0.15, -0.1) is 0 Å². The highest BCUT2D eigenvalue weighted by Gasteiger charge is 2.31. The summed E-state index contributed by atoms with van der Waals surface area (Å²) in [6, 6.07) is 14.9. The summed E-state index contributed by atoms with van der Waals surface area (Å²) in [5.74, 6) is -0.398. The number of hydrogen-bond donors (Lipinski definition) is 1. The van der Waals surface area contributed by atoms with E-state index in [9.17, 15) is 9.59 Å². The predicted molar refractivity (Wildman–Crippen MR) is 119 cm³/mol. The Morgan fingerprint density at radius 3 is 2.72 bits per heavy atom. The molecule has 1 amide bonds. The van der Waals surface area contributed by atoms with Crippen LogP contribution in [0.1, 0.15) is 24.0 Å². The monoisotopic (exact) mass is 447 g/mol. The van der Waals surface area contributed by atoms with Crippen molar-refractivity contribution in [1.29, 1.82) is 0 Å². The van der Waals surface area contributed by atoms with Crippen molar-refractivity contribution < 1.29 is 19.4 Å². The number of aliphatic carboxylic acids is 1. The van der Waals surface area contributed by atoms with Gasteiger partial charge in [0, 0.05) is 18.0 Å². The summed E-state index contributed by atoms with van der Waals surface area (Å²) in [5, 5.41) is 9.43. The zero-order valence-corrected chi connectivity index (χ0v) is 17.7. The molecule has 3 rings (SSSR count). The van der Waals surface area contributed by atoms with E-state index in [0.29, 0.717) is 39.6 Å². The molecular weight excluding hydrogens is 430 g/mol. The third-order valence-corrected chi connectivity index (χ3v) is 5.75. The number of rotatable bonds is 8. The number of carbonyl (C=O) groups excluding carboxylic acids is 1. The second-order valence-electron chi connectivity index (χ2n) is 6.32. The van der Waals surface area contributed by atoms with Crippen molar-refractivity contribution in [2.75, 3.05) is 6.54 Å². The lowest BCUT2D eigenvalue weighted by Gasteiger charge is -2.13. The molecular formula is C21H18ClNO4S2. The van der Waals surface area contributed by atoms with Gasteiger partial charge in [-0.2, -0.15) is 0 Å². The molecule has 1 saturated heterocycles. The van der Waals surface area contributed by atoms with Gasteiger partial charge < -0.3 is 9.84 Å². The topological polar surface area (TPSA) is 66.8 Å². The van der Waals surface area contributed by atoms with E-state index < -0.39 is 5.97 Å². The SMILES string of the molecule is O=C(O)CCCN1C(=O)/C(=C/c2cccc(OCc3ccc(Cl)cc3)c2)SC1=S. The number of carboxylic acids is 1. The van der Waals surface area contributed by atoms with Crippen LogP contribution in [0.2, 0.25) is 5.02 Å². The van der Waals surface area contributed by atoms with Crippen molar-refractivity contribution in [2.45, 2.75) is 19.4 Å². The molecule has 150 valence electrons. The van der Waals surface area contributed by atoms with E-state index in [1.165, 1.54) is 16.7 Å². The summed E-state index contributed by atoms with van der Waals surface area (Å²) < 4.78 is 6.27. The van der Waals surface area contributed by atoms with Gasteiger partial charge in [-0.1, -0.05) is 59.8 Å². The number of ether oxygens (including phenoxy) is 1. The Kier molecular flexibility index (Phi) is 7.30. The first-order valence-electron chi connectivity index (χ1n) is 8.87. The van der Waals surface area contributed by atoms with Crippen molar-refractivity contribution in [3.05, 3.63) is 69.6 Å². The largest absolute Gasteiger partial charge is 0.489 e. The molecule has 5 nitrogen and oxygen atoms in total. The van der Waals surface area contributed by atoms with Gasteiger partial charge in [-0.25, -0.2) is 0 Å². The summed E-state index contributed by atoms with van der Waals surface area (Å²) in [7, 11) is 0. The fraction of sp³-hybridized carbons (Fsp3) is 0.190. The quantitative estimate of drug-likeness (QED) is 0.454. The van der Waals surface area contributed by atoms with Gasteiger partial charge in [0.1, 0.15) is 16.7 Å². The number of thioether (sulfide) groups is 1. The Morgan fingerprint density at radius 1 is 1.24 bits per heavy atom. The van der Waals surface area contributed by atoms with Crippen molar-refractivity contribution in [2.24, 2.45) is 0 Å². The van der Waals surface area contributed by atoms with E-state index >= 15 is 0 Å². The summed E-state index contributed by atoms with van der Waals surface area (Å²) >= 11 is 12.4. The van der Waals surface area contributed by atoms with Crippen molar-refractivity contribution in [1.82, 2.24) is 4.90 Å². The Hall–Kier alpha value is -2.35. The van der Waals surface area contributed by atoms with E-state index in [4.69, 9.17) is 33.7 Å². The minimum atomic E-state index is -0.888. The zero-order chi connectivity index (χ0) is 20.8. The number of benzene rings is 2. The molecule has 8 heteroatoms. The summed E-state index contributed by atoms with van der Waals surface area (Å²) in [6.45, 7) is 0.713. The van der Waals surface area contributed by atoms with Crippen LogP contribution in [0.3, 0.4) is 0 Å². The number of carbonyl (C=O) groups is 2.